The number of aromatic amines is 1. The van der Waals surface area contributed by atoms with Crippen molar-refractivity contribution in [3.05, 3.63) is 47.5 Å². The van der Waals surface area contributed by atoms with E-state index in [1.165, 1.54) is 17.5 Å². The van der Waals surface area contributed by atoms with Crippen molar-refractivity contribution in [3.63, 3.8) is 0 Å². The van der Waals surface area contributed by atoms with Crippen LogP contribution < -0.4 is 0 Å². The van der Waals surface area contributed by atoms with Gasteiger partial charge in [-0.25, -0.2) is 4.98 Å². The summed E-state index contributed by atoms with van der Waals surface area (Å²) in [6, 6.07) is 8.41. The van der Waals surface area contributed by atoms with E-state index in [2.05, 4.69) is 27.3 Å². The molecular weight excluding hydrogens is 330 g/mol. The van der Waals surface area contributed by atoms with E-state index in [1.54, 1.807) is 4.90 Å². The van der Waals surface area contributed by atoms with Crippen LogP contribution in [0.3, 0.4) is 0 Å². The molecule has 2 fully saturated rings. The molecule has 2 amide bonds. The van der Waals surface area contributed by atoms with Gasteiger partial charge in [0, 0.05) is 25.6 Å². The second kappa shape index (κ2) is 5.93. The number of nitrogens with one attached hydrogen (secondary N) is 1. The molecule has 7 nitrogen and oxygen atoms in total. The molecule has 0 saturated carbocycles. The fraction of sp³-hybridized carbons (Fsp3) is 0.474. The van der Waals surface area contributed by atoms with E-state index in [9.17, 15) is 9.59 Å². The molecule has 1 aliphatic carbocycles. The first kappa shape index (κ1) is 15.5. The quantitative estimate of drug-likeness (QED) is 0.882. The van der Waals surface area contributed by atoms with Gasteiger partial charge >= 0.3 is 0 Å². The molecule has 0 radical (unpaired) electrons. The van der Waals surface area contributed by atoms with Gasteiger partial charge in [0.1, 0.15) is 6.33 Å². The van der Waals surface area contributed by atoms with Crippen molar-refractivity contribution >= 4 is 11.8 Å². The Bertz CT molecular complexity index is 849. The second-order valence-electron chi connectivity index (χ2n) is 7.48. The van der Waals surface area contributed by atoms with Crippen LogP contribution in [0.5, 0.6) is 0 Å². The molecule has 2 aliphatic heterocycles. The SMILES string of the molecule is O=C(c1ncn[nH]1)N1C[C@@H]2CCN(C(=O)[C@@H]3CCc4ccccc43)[C@H]2C1. The zero-order chi connectivity index (χ0) is 17.7. The summed E-state index contributed by atoms with van der Waals surface area (Å²) in [5.74, 6) is 0.714. The molecule has 2 aromatic rings. The van der Waals surface area contributed by atoms with E-state index in [-0.39, 0.29) is 29.6 Å². The van der Waals surface area contributed by atoms with Crippen LogP contribution in [-0.2, 0) is 11.2 Å². The van der Waals surface area contributed by atoms with E-state index < -0.39 is 0 Å². The Morgan fingerprint density at radius 2 is 2.04 bits per heavy atom. The predicted octanol–water partition coefficient (Wildman–Crippen LogP) is 1.21. The number of fused-ring (bicyclic) bond motifs is 2. The number of rotatable bonds is 2. The van der Waals surface area contributed by atoms with Crippen LogP contribution in [0.25, 0.3) is 0 Å². The average Bonchev–Trinajstić information content (AvgIpc) is 3.43. The first-order valence-corrected chi connectivity index (χ1v) is 9.25. The zero-order valence-corrected chi connectivity index (χ0v) is 14.5. The highest BCUT2D eigenvalue weighted by atomic mass is 16.2. The number of carbonyl (C=O) groups is 2. The molecule has 1 aromatic carbocycles. The third kappa shape index (κ3) is 2.34. The van der Waals surface area contributed by atoms with Gasteiger partial charge in [-0.3, -0.25) is 14.7 Å². The number of nitrogens with zero attached hydrogens (tertiary/aromatic N) is 4. The maximum Gasteiger partial charge on any atom is 0.291 e. The molecule has 0 bridgehead atoms. The fourth-order valence-electron chi connectivity index (χ4n) is 4.87. The summed E-state index contributed by atoms with van der Waals surface area (Å²) in [6.07, 6.45) is 4.18. The number of likely N-dealkylation sites (tertiary alicyclic amines) is 2. The van der Waals surface area contributed by atoms with Crippen LogP contribution >= 0.6 is 0 Å². The van der Waals surface area contributed by atoms with Crippen molar-refractivity contribution < 1.29 is 9.59 Å². The molecule has 0 unspecified atom stereocenters. The summed E-state index contributed by atoms with van der Waals surface area (Å²) in [5, 5.41) is 6.39. The number of hydrogen-bond acceptors (Lipinski definition) is 4. The summed E-state index contributed by atoms with van der Waals surface area (Å²) in [7, 11) is 0. The topological polar surface area (TPSA) is 82.2 Å². The largest absolute Gasteiger partial charge is 0.337 e. The van der Waals surface area contributed by atoms with E-state index in [0.29, 0.717) is 19.0 Å². The summed E-state index contributed by atoms with van der Waals surface area (Å²) < 4.78 is 0. The van der Waals surface area contributed by atoms with Gasteiger partial charge in [0.25, 0.3) is 5.91 Å². The van der Waals surface area contributed by atoms with Gasteiger partial charge in [-0.05, 0) is 30.4 Å². The van der Waals surface area contributed by atoms with Crippen LogP contribution in [0.4, 0.5) is 0 Å². The molecule has 3 aliphatic rings. The van der Waals surface area contributed by atoms with Crippen LogP contribution in [0.1, 0.15) is 40.5 Å². The summed E-state index contributed by atoms with van der Waals surface area (Å²) in [4.78, 5) is 33.6. The van der Waals surface area contributed by atoms with Gasteiger partial charge in [0.15, 0.2) is 0 Å². The summed E-state index contributed by atoms with van der Waals surface area (Å²) in [6.45, 7) is 2.08. The number of amides is 2. The molecule has 1 N–H and O–H groups in total. The third-order valence-corrected chi connectivity index (χ3v) is 6.17. The molecule has 0 spiro atoms. The lowest BCUT2D eigenvalue weighted by atomic mass is 9.99. The average molecular weight is 351 g/mol. The van der Waals surface area contributed by atoms with Crippen molar-refractivity contribution in [2.75, 3.05) is 19.6 Å². The predicted molar refractivity (Wildman–Crippen MR) is 93.4 cm³/mol. The maximum atomic E-state index is 13.3. The zero-order valence-electron chi connectivity index (χ0n) is 14.5. The minimum Gasteiger partial charge on any atom is -0.337 e. The lowest BCUT2D eigenvalue weighted by Gasteiger charge is -2.27. The van der Waals surface area contributed by atoms with Crippen molar-refractivity contribution in [3.8, 4) is 0 Å². The lowest BCUT2D eigenvalue weighted by Crippen LogP contribution is -2.42. The minimum atomic E-state index is -0.129. The number of H-pyrrole nitrogens is 1. The maximum absolute atomic E-state index is 13.3. The molecule has 3 atom stereocenters. The molecular formula is C19H21N5O2. The minimum absolute atomic E-state index is 0.0241. The first-order chi connectivity index (χ1) is 12.7. The van der Waals surface area contributed by atoms with E-state index in [0.717, 1.165) is 25.8 Å². The molecule has 1 aromatic heterocycles. The van der Waals surface area contributed by atoms with Crippen LogP contribution in [-0.4, -0.2) is 62.5 Å². The molecule has 7 heteroatoms. The molecule has 26 heavy (non-hydrogen) atoms. The van der Waals surface area contributed by atoms with Gasteiger partial charge in [0.05, 0.1) is 12.0 Å². The van der Waals surface area contributed by atoms with Crippen molar-refractivity contribution in [2.24, 2.45) is 5.92 Å². The van der Waals surface area contributed by atoms with Crippen LogP contribution in [0.15, 0.2) is 30.6 Å². The Kier molecular flexibility index (Phi) is 3.55. The van der Waals surface area contributed by atoms with Gasteiger partial charge in [0.2, 0.25) is 11.7 Å². The van der Waals surface area contributed by atoms with Gasteiger partial charge in [-0.15, -0.1) is 0 Å². The molecule has 2 saturated heterocycles. The number of carbonyl (C=O) groups excluding carboxylic acids is 2. The van der Waals surface area contributed by atoms with E-state index >= 15 is 0 Å². The highest BCUT2D eigenvalue weighted by molar-refractivity contribution is 5.91. The van der Waals surface area contributed by atoms with Gasteiger partial charge in [-0.2, -0.15) is 5.10 Å². The Labute approximate surface area is 151 Å². The Morgan fingerprint density at radius 1 is 1.15 bits per heavy atom. The third-order valence-electron chi connectivity index (χ3n) is 6.17. The highest BCUT2D eigenvalue weighted by Crippen LogP contribution is 2.38. The van der Waals surface area contributed by atoms with Gasteiger partial charge < -0.3 is 9.80 Å². The summed E-state index contributed by atoms with van der Waals surface area (Å²) in [5.41, 5.74) is 2.49. The Morgan fingerprint density at radius 3 is 2.88 bits per heavy atom. The smallest absolute Gasteiger partial charge is 0.291 e. The molecule has 3 heterocycles. The van der Waals surface area contributed by atoms with Crippen molar-refractivity contribution in [2.45, 2.75) is 31.2 Å². The van der Waals surface area contributed by atoms with Crippen LogP contribution in [0, 0.1) is 5.92 Å². The fourth-order valence-corrected chi connectivity index (χ4v) is 4.87. The van der Waals surface area contributed by atoms with Crippen molar-refractivity contribution in [1.82, 2.24) is 25.0 Å². The number of aromatic nitrogens is 3. The Balaban J connectivity index is 1.33. The monoisotopic (exact) mass is 351 g/mol. The molecule has 5 rings (SSSR count). The summed E-state index contributed by atoms with van der Waals surface area (Å²) >= 11 is 0. The Hall–Kier alpha value is -2.70. The van der Waals surface area contributed by atoms with Crippen LogP contribution in [0.2, 0.25) is 0 Å². The van der Waals surface area contributed by atoms with Gasteiger partial charge in [-0.1, -0.05) is 24.3 Å². The normalized spacial score (nSPS) is 26.8. The first-order valence-electron chi connectivity index (χ1n) is 9.25. The van der Waals surface area contributed by atoms with E-state index in [1.807, 2.05) is 17.0 Å². The number of hydrogen-bond donors (Lipinski definition) is 1. The standard InChI is InChI=1S/C19H21N5O2/c25-18(15-6-5-12-3-1-2-4-14(12)15)24-8-7-13-9-23(10-16(13)24)19(26)17-20-11-21-22-17/h1-4,11,13,15-16H,5-10H2,(H,20,21,22)/t13-,15+,16-/m0/s1. The molecule has 134 valence electrons. The number of aryl methyl sites for hydroxylation is 1. The lowest BCUT2D eigenvalue weighted by molar-refractivity contribution is -0.133. The van der Waals surface area contributed by atoms with Crippen molar-refractivity contribution in [1.29, 1.82) is 0 Å². The number of benzene rings is 1. The highest BCUT2D eigenvalue weighted by Gasteiger charge is 2.47. The van der Waals surface area contributed by atoms with E-state index in [4.69, 9.17) is 0 Å². The second-order valence-corrected chi connectivity index (χ2v) is 7.48.